The second-order valence-electron chi connectivity index (χ2n) is 4.10. The van der Waals surface area contributed by atoms with Crippen LogP contribution in [0.3, 0.4) is 0 Å². The minimum atomic E-state index is -0.283. The van der Waals surface area contributed by atoms with Crippen LogP contribution in [-0.4, -0.2) is 31.3 Å². The number of piperazine rings is 1. The Morgan fingerprint density at radius 3 is 2.88 bits per heavy atom. The van der Waals surface area contributed by atoms with Crippen LogP contribution in [0.1, 0.15) is 0 Å². The highest BCUT2D eigenvalue weighted by molar-refractivity contribution is 5.89. The lowest BCUT2D eigenvalue weighted by atomic mass is 10.2. The highest BCUT2D eigenvalue weighted by Gasteiger charge is 2.17. The summed E-state index contributed by atoms with van der Waals surface area (Å²) < 4.78 is 19.0. The number of fused-ring (bicyclic) bond motifs is 1. The highest BCUT2D eigenvalue weighted by atomic mass is 19.1. The van der Waals surface area contributed by atoms with Crippen LogP contribution in [-0.2, 0) is 0 Å². The van der Waals surface area contributed by atoms with Crippen molar-refractivity contribution in [2.24, 2.45) is 0 Å². The fourth-order valence-electron chi connectivity index (χ4n) is 2.11. The summed E-state index contributed by atoms with van der Waals surface area (Å²) >= 11 is 0. The van der Waals surface area contributed by atoms with Crippen molar-refractivity contribution in [3.63, 3.8) is 0 Å². The summed E-state index contributed by atoms with van der Waals surface area (Å²) in [6, 6.07) is 3.05. The van der Waals surface area contributed by atoms with Gasteiger partial charge in [0, 0.05) is 32.2 Å². The average molecular weight is 236 g/mol. The predicted octanol–water partition coefficient (Wildman–Crippen LogP) is 0.959. The van der Waals surface area contributed by atoms with Crippen LogP contribution >= 0.6 is 0 Å². The Kier molecular flexibility index (Phi) is 2.36. The van der Waals surface area contributed by atoms with Crippen LogP contribution in [0.25, 0.3) is 11.0 Å². The fraction of sp³-hybridized carbons (Fsp3) is 0.364. The van der Waals surface area contributed by atoms with E-state index in [1.54, 1.807) is 6.07 Å². The number of halogens is 1. The molecule has 0 spiro atoms. The standard InChI is InChI=1S/C11H13FN4O/c12-8-5-7-10(17-15-11(7)13)6-9(8)16-3-1-14-2-4-16/h5-6,14H,1-4H2,(H2,13,15). The van der Waals surface area contributed by atoms with Gasteiger partial charge in [-0.1, -0.05) is 5.16 Å². The minimum Gasteiger partial charge on any atom is -0.380 e. The monoisotopic (exact) mass is 236 g/mol. The summed E-state index contributed by atoms with van der Waals surface area (Å²) in [7, 11) is 0. The zero-order valence-corrected chi connectivity index (χ0v) is 9.24. The van der Waals surface area contributed by atoms with E-state index < -0.39 is 0 Å². The first-order valence-electron chi connectivity index (χ1n) is 5.56. The van der Waals surface area contributed by atoms with E-state index in [-0.39, 0.29) is 11.6 Å². The zero-order valence-electron chi connectivity index (χ0n) is 9.24. The van der Waals surface area contributed by atoms with Crippen molar-refractivity contribution in [1.29, 1.82) is 0 Å². The lowest BCUT2D eigenvalue weighted by molar-refractivity contribution is 0.460. The maximum atomic E-state index is 14.0. The van der Waals surface area contributed by atoms with Crippen LogP contribution in [0.2, 0.25) is 0 Å². The second-order valence-corrected chi connectivity index (χ2v) is 4.10. The van der Waals surface area contributed by atoms with Gasteiger partial charge in [0.05, 0.1) is 11.1 Å². The van der Waals surface area contributed by atoms with Crippen molar-refractivity contribution in [3.05, 3.63) is 17.9 Å². The Balaban J connectivity index is 2.06. The van der Waals surface area contributed by atoms with Gasteiger partial charge in [-0.05, 0) is 6.07 Å². The molecule has 90 valence electrons. The van der Waals surface area contributed by atoms with Gasteiger partial charge in [-0.15, -0.1) is 0 Å². The van der Waals surface area contributed by atoms with Crippen LogP contribution < -0.4 is 16.0 Å². The number of nitrogen functional groups attached to an aromatic ring is 1. The fourth-order valence-corrected chi connectivity index (χ4v) is 2.11. The lowest BCUT2D eigenvalue weighted by Crippen LogP contribution is -2.43. The minimum absolute atomic E-state index is 0.228. The molecular formula is C11H13FN4O. The molecule has 2 aromatic rings. The molecule has 1 aliphatic rings. The van der Waals surface area contributed by atoms with E-state index in [0.717, 1.165) is 26.2 Å². The largest absolute Gasteiger partial charge is 0.380 e. The SMILES string of the molecule is Nc1noc2cc(N3CCNCC3)c(F)cc12. The summed E-state index contributed by atoms with van der Waals surface area (Å²) in [5, 5.41) is 7.38. The van der Waals surface area contributed by atoms with Gasteiger partial charge >= 0.3 is 0 Å². The smallest absolute Gasteiger partial charge is 0.174 e. The molecule has 2 heterocycles. The van der Waals surface area contributed by atoms with Crippen molar-refractivity contribution < 1.29 is 8.91 Å². The topological polar surface area (TPSA) is 67.3 Å². The second kappa shape index (κ2) is 3.89. The quantitative estimate of drug-likeness (QED) is 0.772. The number of aromatic nitrogens is 1. The number of benzene rings is 1. The van der Waals surface area contributed by atoms with E-state index in [1.807, 2.05) is 4.90 Å². The molecule has 0 radical (unpaired) electrons. The van der Waals surface area contributed by atoms with E-state index in [0.29, 0.717) is 16.7 Å². The Labute approximate surface area is 97.3 Å². The van der Waals surface area contributed by atoms with Crippen LogP contribution in [0.4, 0.5) is 15.9 Å². The lowest BCUT2D eigenvalue weighted by Gasteiger charge is -2.29. The molecule has 1 aliphatic heterocycles. The first-order chi connectivity index (χ1) is 8.25. The molecule has 3 N–H and O–H groups in total. The van der Waals surface area contributed by atoms with Crippen molar-refractivity contribution in [3.8, 4) is 0 Å². The molecule has 5 nitrogen and oxygen atoms in total. The molecule has 0 saturated carbocycles. The molecule has 1 aromatic heterocycles. The first kappa shape index (κ1) is 10.3. The third-order valence-electron chi connectivity index (χ3n) is 3.03. The Hall–Kier alpha value is -1.82. The Morgan fingerprint density at radius 2 is 2.12 bits per heavy atom. The van der Waals surface area contributed by atoms with Crippen molar-refractivity contribution in [2.75, 3.05) is 36.8 Å². The summed E-state index contributed by atoms with van der Waals surface area (Å²) in [6.45, 7) is 3.28. The third-order valence-corrected chi connectivity index (χ3v) is 3.03. The summed E-state index contributed by atoms with van der Waals surface area (Å²) in [5.41, 5.74) is 6.65. The number of rotatable bonds is 1. The van der Waals surface area contributed by atoms with Crippen molar-refractivity contribution in [2.45, 2.75) is 0 Å². The number of anilines is 2. The van der Waals surface area contributed by atoms with Gasteiger partial charge in [0.15, 0.2) is 11.4 Å². The van der Waals surface area contributed by atoms with E-state index >= 15 is 0 Å². The van der Waals surface area contributed by atoms with Crippen LogP contribution in [0.5, 0.6) is 0 Å². The summed E-state index contributed by atoms with van der Waals surface area (Å²) in [6.07, 6.45) is 0. The van der Waals surface area contributed by atoms with Crippen molar-refractivity contribution in [1.82, 2.24) is 10.5 Å². The van der Waals surface area contributed by atoms with E-state index in [2.05, 4.69) is 10.5 Å². The zero-order chi connectivity index (χ0) is 11.8. The van der Waals surface area contributed by atoms with Gasteiger partial charge in [-0.25, -0.2) is 4.39 Å². The maximum Gasteiger partial charge on any atom is 0.174 e. The molecular weight excluding hydrogens is 223 g/mol. The molecule has 1 saturated heterocycles. The molecule has 0 unspecified atom stereocenters. The number of nitrogens with zero attached hydrogens (tertiary/aromatic N) is 2. The van der Waals surface area contributed by atoms with E-state index in [1.165, 1.54) is 6.07 Å². The number of hydrogen-bond acceptors (Lipinski definition) is 5. The van der Waals surface area contributed by atoms with Gasteiger partial charge in [-0.3, -0.25) is 0 Å². The van der Waals surface area contributed by atoms with Crippen LogP contribution in [0, 0.1) is 5.82 Å². The summed E-state index contributed by atoms with van der Waals surface area (Å²) in [5.74, 6) is -0.0555. The molecule has 0 atom stereocenters. The molecule has 0 amide bonds. The molecule has 0 aliphatic carbocycles. The maximum absolute atomic E-state index is 14.0. The highest BCUT2D eigenvalue weighted by Crippen LogP contribution is 2.29. The van der Waals surface area contributed by atoms with Gasteiger partial charge in [-0.2, -0.15) is 0 Å². The predicted molar refractivity (Wildman–Crippen MR) is 63.5 cm³/mol. The van der Waals surface area contributed by atoms with E-state index in [9.17, 15) is 4.39 Å². The summed E-state index contributed by atoms with van der Waals surface area (Å²) in [4.78, 5) is 1.99. The van der Waals surface area contributed by atoms with E-state index in [4.69, 9.17) is 10.3 Å². The third kappa shape index (κ3) is 1.70. The average Bonchev–Trinajstić information content (AvgIpc) is 2.71. The number of nitrogens with two attached hydrogens (primary N) is 1. The van der Waals surface area contributed by atoms with Crippen LogP contribution in [0.15, 0.2) is 16.7 Å². The van der Waals surface area contributed by atoms with Gasteiger partial charge in [0.25, 0.3) is 0 Å². The number of nitrogens with one attached hydrogen (secondary N) is 1. The van der Waals surface area contributed by atoms with Gasteiger partial charge in [0.2, 0.25) is 0 Å². The normalized spacial score (nSPS) is 16.6. The Morgan fingerprint density at radius 1 is 1.35 bits per heavy atom. The van der Waals surface area contributed by atoms with Gasteiger partial charge < -0.3 is 20.5 Å². The van der Waals surface area contributed by atoms with Crippen molar-refractivity contribution >= 4 is 22.5 Å². The molecule has 6 heteroatoms. The Bertz CT molecular complexity index is 548. The molecule has 1 aromatic carbocycles. The van der Waals surface area contributed by atoms with Gasteiger partial charge in [0.1, 0.15) is 5.82 Å². The molecule has 1 fully saturated rings. The first-order valence-corrected chi connectivity index (χ1v) is 5.56. The number of hydrogen-bond donors (Lipinski definition) is 2. The molecule has 0 bridgehead atoms. The molecule has 3 rings (SSSR count). The molecule has 17 heavy (non-hydrogen) atoms.